The van der Waals surface area contributed by atoms with Crippen molar-refractivity contribution in [2.45, 2.75) is 108 Å². The topological polar surface area (TPSA) is 122 Å². The van der Waals surface area contributed by atoms with Crippen molar-refractivity contribution in [1.82, 2.24) is 4.98 Å². The van der Waals surface area contributed by atoms with Crippen LogP contribution in [-0.2, 0) is 23.8 Å². The van der Waals surface area contributed by atoms with Gasteiger partial charge in [-0.05, 0) is 63.2 Å². The number of rotatable bonds is 4. The van der Waals surface area contributed by atoms with Crippen LogP contribution < -0.4 is 0 Å². The molecule has 1 saturated carbocycles. The molecule has 3 aliphatic heterocycles. The van der Waals surface area contributed by atoms with Gasteiger partial charge in [-0.25, -0.2) is 4.39 Å². The second kappa shape index (κ2) is 11.4. The number of aromatic nitrogens is 1. The van der Waals surface area contributed by atoms with Gasteiger partial charge in [0.1, 0.15) is 11.6 Å². The van der Waals surface area contributed by atoms with Crippen LogP contribution in [0.25, 0.3) is 6.08 Å². The van der Waals surface area contributed by atoms with Crippen LogP contribution in [0.3, 0.4) is 0 Å². The van der Waals surface area contributed by atoms with Crippen LogP contribution in [0.15, 0.2) is 30.2 Å². The number of halogens is 1. The summed E-state index contributed by atoms with van der Waals surface area (Å²) >= 11 is 0. The summed E-state index contributed by atoms with van der Waals surface area (Å²) in [7, 11) is 0. The molecule has 2 N–H and O–H groups in total. The van der Waals surface area contributed by atoms with Crippen LogP contribution in [0.1, 0.15) is 77.3 Å². The standard InChI is InChI=1S/C30H40FNO7/c1-18-7-5-9-29(2)25(39-29)15-23(22(31)13-19-8-3-4-12-32-19)38-26(34)16-24(33)30(10-6-11-30)28(36)21(27(18)35)14-20-17-37-20/h3-4,8,12-13,18,20-21,23-25,27,33,35H,5-7,9-11,14-17H2,1-2H3/t18-,20?,21+,23-,24-,25?,27+,29?/m0/s1. The highest BCUT2D eigenvalue weighted by Gasteiger charge is 2.56. The first-order valence-corrected chi connectivity index (χ1v) is 14.3. The molecule has 1 aromatic heterocycles. The average Bonchev–Trinajstić information content (AvgIpc) is 3.79. The number of epoxide rings is 2. The average molecular weight is 546 g/mol. The minimum atomic E-state index is -1.28. The van der Waals surface area contributed by atoms with Crippen LogP contribution in [0.5, 0.6) is 0 Å². The number of cyclic esters (lactones) is 1. The summed E-state index contributed by atoms with van der Waals surface area (Å²) in [5.74, 6) is -2.45. The predicted molar refractivity (Wildman–Crippen MR) is 140 cm³/mol. The number of esters is 1. The molecule has 1 aliphatic carbocycles. The fourth-order valence-corrected chi connectivity index (χ4v) is 6.38. The van der Waals surface area contributed by atoms with E-state index in [2.05, 4.69) is 4.98 Å². The Morgan fingerprint density at radius 1 is 1.21 bits per heavy atom. The maximum Gasteiger partial charge on any atom is 0.309 e. The quantitative estimate of drug-likeness (QED) is 0.431. The van der Waals surface area contributed by atoms with Crippen molar-refractivity contribution in [2.24, 2.45) is 17.3 Å². The van der Waals surface area contributed by atoms with Gasteiger partial charge in [0.05, 0.1) is 54.2 Å². The molecule has 214 valence electrons. The van der Waals surface area contributed by atoms with Gasteiger partial charge in [0.15, 0.2) is 6.10 Å². The summed E-state index contributed by atoms with van der Waals surface area (Å²) in [4.78, 5) is 31.1. The van der Waals surface area contributed by atoms with Gasteiger partial charge in [-0.3, -0.25) is 14.6 Å². The monoisotopic (exact) mass is 545 g/mol. The molecule has 4 heterocycles. The van der Waals surface area contributed by atoms with Crippen molar-refractivity contribution in [1.29, 1.82) is 0 Å². The van der Waals surface area contributed by atoms with Gasteiger partial charge in [0.25, 0.3) is 0 Å². The molecule has 0 aromatic carbocycles. The maximum absolute atomic E-state index is 15.5. The number of pyridine rings is 1. The highest BCUT2D eigenvalue weighted by Crippen LogP contribution is 2.50. The lowest BCUT2D eigenvalue weighted by Crippen LogP contribution is -2.54. The van der Waals surface area contributed by atoms with Crippen LogP contribution in [0.4, 0.5) is 4.39 Å². The normalized spacial score (nSPS) is 39.4. The number of ether oxygens (including phenoxy) is 3. The second-order valence-corrected chi connectivity index (χ2v) is 12.2. The van der Waals surface area contributed by atoms with E-state index in [1.54, 1.807) is 24.4 Å². The molecule has 8 nitrogen and oxygen atoms in total. The van der Waals surface area contributed by atoms with Gasteiger partial charge in [-0.15, -0.1) is 0 Å². The number of aliphatic hydroxyl groups excluding tert-OH is 2. The molecule has 4 aliphatic rings. The summed E-state index contributed by atoms with van der Waals surface area (Å²) in [6.07, 6.45) is 2.98. The summed E-state index contributed by atoms with van der Waals surface area (Å²) in [6, 6.07) is 5.12. The van der Waals surface area contributed by atoms with Crippen molar-refractivity contribution in [2.75, 3.05) is 6.61 Å². The summed E-state index contributed by atoms with van der Waals surface area (Å²) in [5.41, 5.74) is -1.20. The van der Waals surface area contributed by atoms with Gasteiger partial charge >= 0.3 is 5.97 Å². The molecule has 0 bridgehead atoms. The SMILES string of the molecule is C[C@H]1CCCC2(C)OC2C[C@@H](C(F)=Cc2ccccn2)OC(=O)C[C@H](O)C2(CCC2)C(=O)[C@H](CC2CO2)[C@@H]1O. The Bertz CT molecular complexity index is 1070. The lowest BCUT2D eigenvalue weighted by Gasteiger charge is -2.46. The molecule has 0 amide bonds. The fourth-order valence-electron chi connectivity index (χ4n) is 6.38. The Morgan fingerprint density at radius 2 is 1.97 bits per heavy atom. The van der Waals surface area contributed by atoms with Gasteiger partial charge in [-0.1, -0.05) is 25.8 Å². The van der Waals surface area contributed by atoms with E-state index in [0.29, 0.717) is 44.4 Å². The van der Waals surface area contributed by atoms with Gasteiger partial charge in [-0.2, -0.15) is 0 Å². The first-order chi connectivity index (χ1) is 18.6. The Kier molecular flexibility index (Phi) is 8.25. The van der Waals surface area contributed by atoms with E-state index in [4.69, 9.17) is 14.2 Å². The Balaban J connectivity index is 1.40. The number of carbonyl (C=O) groups excluding carboxylic acids is 2. The first kappa shape index (κ1) is 28.3. The van der Waals surface area contributed by atoms with E-state index in [1.807, 2.05) is 13.8 Å². The highest BCUT2D eigenvalue weighted by atomic mass is 19.1. The number of carbonyl (C=O) groups is 2. The second-order valence-electron chi connectivity index (χ2n) is 12.2. The zero-order valence-corrected chi connectivity index (χ0v) is 22.8. The third kappa shape index (κ3) is 6.26. The molecule has 1 spiro atoms. The third-order valence-corrected chi connectivity index (χ3v) is 9.34. The third-order valence-electron chi connectivity index (χ3n) is 9.34. The molecule has 4 fully saturated rings. The minimum absolute atomic E-state index is 0.0696. The molecular formula is C30H40FNO7. The summed E-state index contributed by atoms with van der Waals surface area (Å²) in [5, 5.41) is 22.5. The number of hydrogen-bond acceptors (Lipinski definition) is 8. The number of hydrogen-bond donors (Lipinski definition) is 2. The van der Waals surface area contributed by atoms with Crippen molar-refractivity contribution < 1.29 is 38.4 Å². The zero-order valence-electron chi connectivity index (χ0n) is 22.8. The molecule has 1 aromatic rings. The van der Waals surface area contributed by atoms with Crippen molar-refractivity contribution in [3.63, 3.8) is 0 Å². The number of Topliss-reactive ketones (excluding diaryl/α,β-unsaturated/α-hetero) is 1. The lowest BCUT2D eigenvalue weighted by atomic mass is 9.58. The molecular weight excluding hydrogens is 505 g/mol. The van der Waals surface area contributed by atoms with Crippen molar-refractivity contribution in [3.8, 4) is 0 Å². The molecule has 0 radical (unpaired) electrons. The Hall–Kier alpha value is -2.20. The lowest BCUT2D eigenvalue weighted by molar-refractivity contribution is -0.162. The number of ketones is 1. The largest absolute Gasteiger partial charge is 0.455 e. The molecule has 39 heavy (non-hydrogen) atoms. The summed E-state index contributed by atoms with van der Waals surface area (Å²) < 4.78 is 32.4. The number of aliphatic hydroxyl groups is 2. The number of nitrogens with zero attached hydrogens (tertiary/aromatic N) is 1. The van der Waals surface area contributed by atoms with E-state index in [0.717, 1.165) is 12.8 Å². The van der Waals surface area contributed by atoms with Gasteiger partial charge in [0.2, 0.25) is 0 Å². The molecule has 3 saturated heterocycles. The van der Waals surface area contributed by atoms with Crippen molar-refractivity contribution in [3.05, 3.63) is 35.9 Å². The first-order valence-electron chi connectivity index (χ1n) is 14.3. The van der Waals surface area contributed by atoms with Crippen molar-refractivity contribution >= 4 is 17.8 Å². The van der Waals surface area contributed by atoms with Gasteiger partial charge < -0.3 is 24.4 Å². The van der Waals surface area contributed by atoms with E-state index < -0.39 is 53.5 Å². The molecule has 8 atom stereocenters. The molecule has 3 unspecified atom stereocenters. The van der Waals surface area contributed by atoms with Crippen LogP contribution >= 0.6 is 0 Å². The van der Waals surface area contributed by atoms with Crippen LogP contribution in [0.2, 0.25) is 0 Å². The fraction of sp³-hybridized carbons (Fsp3) is 0.700. The summed E-state index contributed by atoms with van der Waals surface area (Å²) in [6.45, 7) is 4.47. The van der Waals surface area contributed by atoms with Crippen LogP contribution in [0, 0.1) is 17.3 Å². The Labute approximate surface area is 228 Å². The van der Waals surface area contributed by atoms with E-state index >= 15 is 4.39 Å². The Morgan fingerprint density at radius 3 is 2.62 bits per heavy atom. The number of fused-ring (bicyclic) bond motifs is 1. The molecule has 9 heteroatoms. The zero-order chi connectivity index (χ0) is 27.8. The minimum Gasteiger partial charge on any atom is -0.455 e. The highest BCUT2D eigenvalue weighted by molar-refractivity contribution is 5.89. The van der Waals surface area contributed by atoms with E-state index in [9.17, 15) is 19.8 Å². The predicted octanol–water partition coefficient (Wildman–Crippen LogP) is 3.93. The van der Waals surface area contributed by atoms with Crippen LogP contribution in [-0.4, -0.2) is 69.7 Å². The maximum atomic E-state index is 15.5. The van der Waals surface area contributed by atoms with E-state index in [1.165, 1.54) is 6.08 Å². The molecule has 5 rings (SSSR count). The smallest absolute Gasteiger partial charge is 0.309 e. The van der Waals surface area contributed by atoms with E-state index in [-0.39, 0.29) is 30.3 Å². The van der Waals surface area contributed by atoms with Gasteiger partial charge in [0, 0.05) is 18.5 Å².